The lowest BCUT2D eigenvalue weighted by molar-refractivity contribution is 0.395. The first-order valence-corrected chi connectivity index (χ1v) is 6.12. The smallest absolute Gasteiger partial charge is 0.233 e. The summed E-state index contributed by atoms with van der Waals surface area (Å²) in [6, 6.07) is 5.35. The van der Waals surface area contributed by atoms with Crippen LogP contribution in [0.15, 0.2) is 18.2 Å². The highest BCUT2D eigenvalue weighted by Gasteiger charge is 2.09. The lowest BCUT2D eigenvalue weighted by Crippen LogP contribution is -2.04. The van der Waals surface area contributed by atoms with Crippen molar-refractivity contribution in [3.8, 4) is 11.5 Å². The third kappa shape index (κ3) is 3.18. The molecule has 20 heavy (non-hydrogen) atoms. The second-order valence-corrected chi connectivity index (χ2v) is 4.03. The summed E-state index contributed by atoms with van der Waals surface area (Å²) < 4.78 is 10.4. The van der Waals surface area contributed by atoms with Gasteiger partial charge in [0.15, 0.2) is 0 Å². The van der Waals surface area contributed by atoms with Crippen LogP contribution in [0.5, 0.6) is 11.5 Å². The summed E-state index contributed by atoms with van der Waals surface area (Å²) in [7, 11) is 4.86. The van der Waals surface area contributed by atoms with E-state index in [9.17, 15) is 0 Å². The molecule has 2 N–H and O–H groups in total. The lowest BCUT2D eigenvalue weighted by atomic mass is 10.2. The molecule has 0 bridgehead atoms. The van der Waals surface area contributed by atoms with Crippen molar-refractivity contribution in [3.63, 3.8) is 0 Å². The van der Waals surface area contributed by atoms with Crippen LogP contribution in [0.2, 0.25) is 5.28 Å². The molecule has 106 valence electrons. The predicted molar refractivity (Wildman–Crippen MR) is 77.2 cm³/mol. The number of nitrogens with zero attached hydrogens (tertiary/aromatic N) is 3. The Bertz CT molecular complexity index is 608. The second-order valence-electron chi connectivity index (χ2n) is 3.69. The van der Waals surface area contributed by atoms with Gasteiger partial charge in [0, 0.05) is 13.1 Å². The van der Waals surface area contributed by atoms with Gasteiger partial charge in [-0.05, 0) is 23.7 Å². The van der Waals surface area contributed by atoms with Crippen LogP contribution < -0.4 is 20.1 Å². The van der Waals surface area contributed by atoms with Gasteiger partial charge in [-0.2, -0.15) is 15.0 Å². The minimum absolute atomic E-state index is 0.0966. The molecule has 0 unspecified atom stereocenters. The Morgan fingerprint density at radius 1 is 1.05 bits per heavy atom. The third-order valence-electron chi connectivity index (χ3n) is 2.49. The van der Waals surface area contributed by atoms with E-state index in [0.717, 1.165) is 0 Å². The summed E-state index contributed by atoms with van der Waals surface area (Å²) in [5.41, 5.74) is 0.692. The van der Waals surface area contributed by atoms with Gasteiger partial charge in [0.05, 0.1) is 19.9 Å². The Kier molecular flexibility index (Phi) is 4.41. The minimum Gasteiger partial charge on any atom is -0.497 e. The number of methoxy groups -OCH3 is 2. The Balaban J connectivity index is 2.31. The Morgan fingerprint density at radius 2 is 1.80 bits per heavy atom. The maximum Gasteiger partial charge on any atom is 0.233 e. The molecule has 2 aromatic rings. The summed E-state index contributed by atoms with van der Waals surface area (Å²) in [6.45, 7) is 0. The lowest BCUT2D eigenvalue weighted by Gasteiger charge is -2.11. The maximum absolute atomic E-state index is 5.82. The minimum atomic E-state index is 0.0966. The highest BCUT2D eigenvalue weighted by Crippen LogP contribution is 2.30. The van der Waals surface area contributed by atoms with Gasteiger partial charge in [0.2, 0.25) is 17.2 Å². The van der Waals surface area contributed by atoms with Crippen molar-refractivity contribution in [2.24, 2.45) is 0 Å². The number of hydrogen-bond donors (Lipinski definition) is 2. The monoisotopic (exact) mass is 295 g/mol. The zero-order chi connectivity index (χ0) is 14.5. The molecule has 0 aliphatic rings. The summed E-state index contributed by atoms with van der Waals surface area (Å²) in [5.74, 6) is 1.99. The van der Waals surface area contributed by atoms with Gasteiger partial charge in [0.25, 0.3) is 0 Å². The molecule has 0 fully saturated rings. The van der Waals surface area contributed by atoms with E-state index < -0.39 is 0 Å². The fraction of sp³-hybridized carbons (Fsp3) is 0.250. The number of benzene rings is 1. The molecule has 0 spiro atoms. The molecule has 0 amide bonds. The van der Waals surface area contributed by atoms with Crippen LogP contribution in [0, 0.1) is 0 Å². The average molecular weight is 296 g/mol. The van der Waals surface area contributed by atoms with E-state index in [0.29, 0.717) is 29.1 Å². The molecular weight excluding hydrogens is 282 g/mol. The van der Waals surface area contributed by atoms with Gasteiger partial charge in [-0.25, -0.2) is 0 Å². The number of aromatic nitrogens is 3. The van der Waals surface area contributed by atoms with Gasteiger partial charge >= 0.3 is 0 Å². The maximum atomic E-state index is 5.82. The molecule has 0 atom stereocenters. The summed E-state index contributed by atoms with van der Waals surface area (Å²) in [4.78, 5) is 12.1. The van der Waals surface area contributed by atoms with Crippen molar-refractivity contribution < 1.29 is 9.47 Å². The number of ether oxygens (including phenoxy) is 2. The molecule has 0 aliphatic carbocycles. The van der Waals surface area contributed by atoms with E-state index in [2.05, 4.69) is 25.6 Å². The summed E-state index contributed by atoms with van der Waals surface area (Å²) >= 11 is 5.82. The van der Waals surface area contributed by atoms with Crippen LogP contribution in [0.3, 0.4) is 0 Å². The topological polar surface area (TPSA) is 81.2 Å². The first kappa shape index (κ1) is 14.1. The molecule has 0 aliphatic heterocycles. The molecule has 7 nitrogen and oxygen atoms in total. The Morgan fingerprint density at radius 3 is 2.45 bits per heavy atom. The van der Waals surface area contributed by atoms with Crippen LogP contribution in [-0.2, 0) is 0 Å². The first-order chi connectivity index (χ1) is 9.66. The Hall–Kier alpha value is -2.28. The molecule has 2 rings (SSSR count). The van der Waals surface area contributed by atoms with E-state index in [1.807, 2.05) is 0 Å². The fourth-order valence-corrected chi connectivity index (χ4v) is 1.70. The number of rotatable bonds is 5. The average Bonchev–Trinajstić information content (AvgIpc) is 2.47. The standard InChI is InChI=1S/C12H14ClN5O2/c1-14-11-16-10(13)17-12(18-11)15-8-5-4-7(19-2)6-9(8)20-3/h4-6H,1-3H3,(H2,14,15,16,17,18). The molecule has 0 saturated heterocycles. The number of nitrogens with one attached hydrogen (secondary N) is 2. The van der Waals surface area contributed by atoms with Gasteiger partial charge in [-0.3, -0.25) is 0 Å². The largest absolute Gasteiger partial charge is 0.497 e. The summed E-state index contributed by atoms with van der Waals surface area (Å²) in [5, 5.41) is 5.92. The van der Waals surface area contributed by atoms with E-state index in [-0.39, 0.29) is 5.28 Å². The highest BCUT2D eigenvalue weighted by atomic mass is 35.5. The van der Waals surface area contributed by atoms with Crippen LogP contribution in [0.25, 0.3) is 0 Å². The molecule has 1 heterocycles. The van der Waals surface area contributed by atoms with Crippen LogP contribution in [-0.4, -0.2) is 36.2 Å². The van der Waals surface area contributed by atoms with Crippen molar-refractivity contribution >= 4 is 29.2 Å². The zero-order valence-corrected chi connectivity index (χ0v) is 12.0. The third-order valence-corrected chi connectivity index (χ3v) is 2.66. The summed E-state index contributed by atoms with van der Waals surface area (Å²) in [6.07, 6.45) is 0. The van der Waals surface area contributed by atoms with Crippen molar-refractivity contribution in [3.05, 3.63) is 23.5 Å². The normalized spacial score (nSPS) is 10.0. The van der Waals surface area contributed by atoms with Crippen molar-refractivity contribution in [1.29, 1.82) is 0 Å². The Labute approximate surface area is 121 Å². The quantitative estimate of drug-likeness (QED) is 0.876. The molecule has 8 heteroatoms. The van der Waals surface area contributed by atoms with E-state index in [1.165, 1.54) is 0 Å². The molecule has 1 aromatic carbocycles. The van der Waals surface area contributed by atoms with Crippen LogP contribution in [0.4, 0.5) is 17.6 Å². The van der Waals surface area contributed by atoms with Gasteiger partial charge < -0.3 is 20.1 Å². The number of hydrogen-bond acceptors (Lipinski definition) is 7. The van der Waals surface area contributed by atoms with Crippen molar-refractivity contribution in [2.45, 2.75) is 0 Å². The molecular formula is C12H14ClN5O2. The van der Waals surface area contributed by atoms with E-state index in [4.69, 9.17) is 21.1 Å². The number of halogens is 1. The fourth-order valence-electron chi connectivity index (χ4n) is 1.54. The molecule has 0 radical (unpaired) electrons. The SMILES string of the molecule is CNc1nc(Cl)nc(Nc2ccc(OC)cc2OC)n1. The van der Waals surface area contributed by atoms with E-state index in [1.54, 1.807) is 39.5 Å². The van der Waals surface area contributed by atoms with E-state index >= 15 is 0 Å². The molecule has 1 aromatic heterocycles. The predicted octanol–water partition coefficient (Wildman–Crippen LogP) is 2.33. The molecule has 0 saturated carbocycles. The first-order valence-electron chi connectivity index (χ1n) is 5.74. The van der Waals surface area contributed by atoms with Crippen LogP contribution in [0.1, 0.15) is 0 Å². The van der Waals surface area contributed by atoms with Gasteiger partial charge in [0.1, 0.15) is 11.5 Å². The highest BCUT2D eigenvalue weighted by molar-refractivity contribution is 6.28. The second kappa shape index (κ2) is 6.25. The van der Waals surface area contributed by atoms with Crippen LogP contribution >= 0.6 is 11.6 Å². The van der Waals surface area contributed by atoms with Gasteiger partial charge in [-0.1, -0.05) is 0 Å². The van der Waals surface area contributed by atoms with Crippen molar-refractivity contribution in [1.82, 2.24) is 15.0 Å². The number of anilines is 3. The van der Waals surface area contributed by atoms with Gasteiger partial charge in [-0.15, -0.1) is 0 Å². The van der Waals surface area contributed by atoms with Crippen molar-refractivity contribution in [2.75, 3.05) is 31.9 Å². The zero-order valence-electron chi connectivity index (χ0n) is 11.3.